The molecule has 6 nitrogen and oxygen atoms in total. The maximum atomic E-state index is 10.0. The number of β-amino-alcohol motifs (C(OH)–C–C–N with tert-alkyl or cyclic N) is 1. The second-order valence-corrected chi connectivity index (χ2v) is 5.33. The maximum absolute atomic E-state index is 10.0. The monoisotopic (exact) mass is 269 g/mol. The summed E-state index contributed by atoms with van der Waals surface area (Å²) in [5.41, 5.74) is 0. The van der Waals surface area contributed by atoms with Crippen LogP contribution in [0.5, 0.6) is 0 Å². The van der Waals surface area contributed by atoms with E-state index in [4.69, 9.17) is 9.26 Å². The highest BCUT2D eigenvalue weighted by atomic mass is 16.5. The van der Waals surface area contributed by atoms with Crippen LogP contribution >= 0.6 is 0 Å². The van der Waals surface area contributed by atoms with Crippen LogP contribution in [0.4, 0.5) is 0 Å². The molecule has 2 rings (SSSR count). The molecule has 0 bridgehead atoms. The van der Waals surface area contributed by atoms with Crippen molar-refractivity contribution < 1.29 is 14.4 Å². The van der Waals surface area contributed by atoms with Crippen molar-refractivity contribution in [2.24, 2.45) is 0 Å². The third kappa shape index (κ3) is 4.26. The van der Waals surface area contributed by atoms with Crippen LogP contribution in [-0.2, 0) is 4.74 Å². The molecule has 1 saturated heterocycles. The Morgan fingerprint density at radius 3 is 3.05 bits per heavy atom. The zero-order valence-electron chi connectivity index (χ0n) is 11.7. The predicted octanol–water partition coefficient (Wildman–Crippen LogP) is 1.38. The first kappa shape index (κ1) is 14.4. The fraction of sp³-hybridized carbons (Fsp3) is 0.846. The Kier molecular flexibility index (Phi) is 5.30. The van der Waals surface area contributed by atoms with Crippen LogP contribution in [0.25, 0.3) is 0 Å². The number of nitrogens with zero attached hydrogens (tertiary/aromatic N) is 3. The van der Waals surface area contributed by atoms with Crippen molar-refractivity contribution in [1.29, 1.82) is 0 Å². The summed E-state index contributed by atoms with van der Waals surface area (Å²) in [6, 6.07) is 0.154. The minimum atomic E-state index is -0.477. The standard InChI is InChI=1S/C13H23N3O3/c1-10(2)18-8-11(17)7-16-6-4-3-5-12(16)13-14-9-19-15-13/h9-12,17H,3-8H2,1-2H3. The fourth-order valence-corrected chi connectivity index (χ4v) is 2.45. The molecule has 1 aromatic heterocycles. The number of rotatable bonds is 6. The van der Waals surface area contributed by atoms with E-state index < -0.39 is 6.10 Å². The first-order chi connectivity index (χ1) is 9.16. The number of piperidine rings is 1. The number of hydrogen-bond acceptors (Lipinski definition) is 6. The zero-order chi connectivity index (χ0) is 13.7. The summed E-state index contributed by atoms with van der Waals surface area (Å²) in [7, 11) is 0. The smallest absolute Gasteiger partial charge is 0.213 e. The third-order valence-corrected chi connectivity index (χ3v) is 3.36. The topological polar surface area (TPSA) is 71.6 Å². The predicted molar refractivity (Wildman–Crippen MR) is 69.6 cm³/mol. The van der Waals surface area contributed by atoms with Crippen LogP contribution in [0.15, 0.2) is 10.9 Å². The average Bonchev–Trinajstić information content (AvgIpc) is 2.91. The number of likely N-dealkylation sites (tertiary alicyclic amines) is 1. The van der Waals surface area contributed by atoms with Gasteiger partial charge in [-0.1, -0.05) is 11.6 Å². The van der Waals surface area contributed by atoms with Crippen molar-refractivity contribution >= 4 is 0 Å². The molecule has 0 saturated carbocycles. The van der Waals surface area contributed by atoms with Gasteiger partial charge in [-0.25, -0.2) is 0 Å². The normalized spacial score (nSPS) is 22.8. The first-order valence-corrected chi connectivity index (χ1v) is 6.97. The third-order valence-electron chi connectivity index (χ3n) is 3.36. The van der Waals surface area contributed by atoms with Crippen LogP contribution < -0.4 is 0 Å². The molecular formula is C13H23N3O3. The number of aliphatic hydroxyl groups is 1. The molecule has 108 valence electrons. The van der Waals surface area contributed by atoms with Gasteiger partial charge in [0.05, 0.1) is 24.9 Å². The number of hydrogen-bond donors (Lipinski definition) is 1. The van der Waals surface area contributed by atoms with Gasteiger partial charge in [0, 0.05) is 6.54 Å². The van der Waals surface area contributed by atoms with E-state index in [1.54, 1.807) is 0 Å². The summed E-state index contributed by atoms with van der Waals surface area (Å²) in [5.74, 6) is 0.719. The maximum Gasteiger partial charge on any atom is 0.213 e. The van der Waals surface area contributed by atoms with Gasteiger partial charge in [0.1, 0.15) is 0 Å². The minimum Gasteiger partial charge on any atom is -0.389 e. The van der Waals surface area contributed by atoms with Gasteiger partial charge in [-0.2, -0.15) is 4.98 Å². The molecule has 1 fully saturated rings. The van der Waals surface area contributed by atoms with Crippen LogP contribution in [0.3, 0.4) is 0 Å². The quantitative estimate of drug-likeness (QED) is 0.841. The van der Waals surface area contributed by atoms with Gasteiger partial charge in [-0.15, -0.1) is 0 Å². The Bertz CT molecular complexity index is 356. The average molecular weight is 269 g/mol. The molecule has 0 radical (unpaired) electrons. The molecular weight excluding hydrogens is 246 g/mol. The summed E-state index contributed by atoms with van der Waals surface area (Å²) in [5, 5.41) is 14.0. The van der Waals surface area contributed by atoms with E-state index in [1.165, 1.54) is 6.39 Å². The highest BCUT2D eigenvalue weighted by Gasteiger charge is 2.28. The molecule has 6 heteroatoms. The van der Waals surface area contributed by atoms with Gasteiger partial charge in [-0.05, 0) is 33.2 Å². The van der Waals surface area contributed by atoms with Crippen molar-refractivity contribution in [2.45, 2.75) is 51.4 Å². The molecule has 2 heterocycles. The largest absolute Gasteiger partial charge is 0.389 e. The van der Waals surface area contributed by atoms with E-state index in [0.29, 0.717) is 13.2 Å². The molecule has 2 unspecified atom stereocenters. The van der Waals surface area contributed by atoms with E-state index in [-0.39, 0.29) is 12.1 Å². The molecule has 1 aliphatic heterocycles. The molecule has 19 heavy (non-hydrogen) atoms. The molecule has 0 aliphatic carbocycles. The molecule has 1 aromatic rings. The summed E-state index contributed by atoms with van der Waals surface area (Å²) >= 11 is 0. The van der Waals surface area contributed by atoms with Gasteiger partial charge < -0.3 is 14.4 Å². The lowest BCUT2D eigenvalue weighted by Gasteiger charge is -2.35. The van der Waals surface area contributed by atoms with Crippen molar-refractivity contribution in [1.82, 2.24) is 15.0 Å². The minimum absolute atomic E-state index is 0.143. The van der Waals surface area contributed by atoms with Crippen LogP contribution in [0.2, 0.25) is 0 Å². The van der Waals surface area contributed by atoms with Crippen LogP contribution in [-0.4, -0.2) is 52.1 Å². The van der Waals surface area contributed by atoms with Crippen LogP contribution in [0, 0.1) is 0 Å². The van der Waals surface area contributed by atoms with E-state index in [1.807, 2.05) is 13.8 Å². The Morgan fingerprint density at radius 2 is 2.37 bits per heavy atom. The van der Waals surface area contributed by atoms with Crippen molar-refractivity contribution in [3.05, 3.63) is 12.2 Å². The van der Waals surface area contributed by atoms with Gasteiger partial charge in [0.25, 0.3) is 0 Å². The Morgan fingerprint density at radius 1 is 1.53 bits per heavy atom. The van der Waals surface area contributed by atoms with E-state index in [2.05, 4.69) is 15.0 Å². The highest BCUT2D eigenvalue weighted by Crippen LogP contribution is 2.28. The Balaban J connectivity index is 1.89. The number of ether oxygens (including phenoxy) is 1. The van der Waals surface area contributed by atoms with Crippen LogP contribution in [0.1, 0.15) is 45.0 Å². The molecule has 0 amide bonds. The fourth-order valence-electron chi connectivity index (χ4n) is 2.45. The van der Waals surface area contributed by atoms with Gasteiger partial charge >= 0.3 is 0 Å². The summed E-state index contributed by atoms with van der Waals surface area (Å²) in [6.45, 7) is 5.85. The molecule has 1 aliphatic rings. The molecule has 0 spiro atoms. The van der Waals surface area contributed by atoms with Crippen molar-refractivity contribution in [3.63, 3.8) is 0 Å². The molecule has 1 N–H and O–H groups in total. The Hall–Kier alpha value is -0.980. The molecule has 2 atom stereocenters. The second-order valence-electron chi connectivity index (χ2n) is 5.33. The molecule has 0 aromatic carbocycles. The van der Waals surface area contributed by atoms with Gasteiger partial charge in [0.2, 0.25) is 6.39 Å². The SMILES string of the molecule is CC(C)OCC(O)CN1CCCCC1c1ncon1. The van der Waals surface area contributed by atoms with Gasteiger partial charge in [-0.3, -0.25) is 4.90 Å². The summed E-state index contributed by atoms with van der Waals surface area (Å²) in [6.07, 6.45) is 4.34. The lowest BCUT2D eigenvalue weighted by Crippen LogP contribution is -2.41. The van der Waals surface area contributed by atoms with E-state index in [0.717, 1.165) is 31.6 Å². The number of aromatic nitrogens is 2. The highest BCUT2D eigenvalue weighted by molar-refractivity contribution is 4.94. The lowest BCUT2D eigenvalue weighted by atomic mass is 10.0. The number of aliphatic hydroxyl groups excluding tert-OH is 1. The first-order valence-electron chi connectivity index (χ1n) is 6.97. The van der Waals surface area contributed by atoms with Crippen molar-refractivity contribution in [3.8, 4) is 0 Å². The summed E-state index contributed by atoms with van der Waals surface area (Å²) in [4.78, 5) is 6.36. The van der Waals surface area contributed by atoms with Crippen molar-refractivity contribution in [2.75, 3.05) is 19.7 Å². The Labute approximate surface area is 113 Å². The summed E-state index contributed by atoms with van der Waals surface area (Å²) < 4.78 is 10.3. The second kappa shape index (κ2) is 6.98. The van der Waals surface area contributed by atoms with Gasteiger partial charge in [0.15, 0.2) is 5.82 Å². The lowest BCUT2D eigenvalue weighted by molar-refractivity contribution is -0.0196. The van der Waals surface area contributed by atoms with E-state index >= 15 is 0 Å². The van der Waals surface area contributed by atoms with E-state index in [9.17, 15) is 5.11 Å². The zero-order valence-corrected chi connectivity index (χ0v) is 11.7.